The number of benzene rings is 3. The Morgan fingerprint density at radius 2 is 1.44 bits per heavy atom. The van der Waals surface area contributed by atoms with Gasteiger partial charge in [0.15, 0.2) is 0 Å². The van der Waals surface area contributed by atoms with E-state index in [0.29, 0.717) is 18.2 Å². The number of fused-ring (bicyclic) bond motifs is 1. The predicted octanol–water partition coefficient (Wildman–Crippen LogP) is 6.77. The van der Waals surface area contributed by atoms with Gasteiger partial charge in [-0.1, -0.05) is 77.3 Å². The Morgan fingerprint density at radius 1 is 0.800 bits per heavy atom. The maximum absolute atomic E-state index is 6.19. The fourth-order valence-corrected chi connectivity index (χ4v) is 2.79. The van der Waals surface area contributed by atoms with Crippen LogP contribution in [0.4, 0.5) is 0 Å². The molecular weight excluding hydrogens is 379 g/mol. The van der Waals surface area contributed by atoms with Gasteiger partial charge >= 0.3 is 0 Å². The summed E-state index contributed by atoms with van der Waals surface area (Å²) >= 11 is 17.4. The quantitative estimate of drug-likeness (QED) is 0.460. The summed E-state index contributed by atoms with van der Waals surface area (Å²) in [6, 6.07) is 19.3. The van der Waals surface area contributed by atoms with E-state index >= 15 is 0 Å². The van der Waals surface area contributed by atoms with Gasteiger partial charge in [-0.05, 0) is 24.3 Å². The van der Waals surface area contributed by atoms with Crippen molar-refractivity contribution in [3.63, 3.8) is 0 Å². The van der Waals surface area contributed by atoms with Gasteiger partial charge in [-0.3, -0.25) is 0 Å². The number of rotatable bonds is 6. The second-order valence-corrected chi connectivity index (χ2v) is 6.71. The predicted molar refractivity (Wildman–Crippen MR) is 105 cm³/mol. The lowest BCUT2D eigenvalue weighted by Gasteiger charge is -2.13. The summed E-state index contributed by atoms with van der Waals surface area (Å²) < 4.78 is 11.9. The highest BCUT2D eigenvalue weighted by Gasteiger charge is 2.08. The van der Waals surface area contributed by atoms with Crippen LogP contribution in [0, 0.1) is 0 Å². The largest absolute Gasteiger partial charge is 0.489 e. The standard InChI is InChI=1S/C20H15Cl3O2/c21-17-8-2-1-5-14(17)13-25-19-10-4-6-15-16(19)7-3-9-18(15)24-12-11-20(22)23/h1-11H,12-13H2. The normalized spacial score (nSPS) is 10.5. The number of hydrogen-bond donors (Lipinski definition) is 0. The van der Waals surface area contributed by atoms with E-state index in [4.69, 9.17) is 44.3 Å². The van der Waals surface area contributed by atoms with Gasteiger partial charge in [0.2, 0.25) is 0 Å². The van der Waals surface area contributed by atoms with E-state index in [0.717, 1.165) is 27.8 Å². The molecule has 2 nitrogen and oxygen atoms in total. The Kier molecular flexibility index (Phi) is 6.09. The molecule has 0 aliphatic heterocycles. The van der Waals surface area contributed by atoms with Crippen molar-refractivity contribution in [2.75, 3.05) is 6.61 Å². The Morgan fingerprint density at radius 3 is 2.08 bits per heavy atom. The van der Waals surface area contributed by atoms with Crippen molar-refractivity contribution in [1.29, 1.82) is 0 Å². The van der Waals surface area contributed by atoms with Crippen LogP contribution in [0.1, 0.15) is 5.56 Å². The molecule has 0 saturated heterocycles. The monoisotopic (exact) mass is 392 g/mol. The molecule has 0 fully saturated rings. The third kappa shape index (κ3) is 4.60. The number of hydrogen-bond acceptors (Lipinski definition) is 2. The van der Waals surface area contributed by atoms with Crippen molar-refractivity contribution in [2.45, 2.75) is 6.61 Å². The lowest BCUT2D eigenvalue weighted by Crippen LogP contribution is -1.98. The second-order valence-electron chi connectivity index (χ2n) is 5.29. The van der Waals surface area contributed by atoms with Gasteiger partial charge in [0.05, 0.1) is 0 Å². The highest BCUT2D eigenvalue weighted by molar-refractivity contribution is 6.55. The summed E-state index contributed by atoms with van der Waals surface area (Å²) in [6.45, 7) is 0.695. The zero-order valence-electron chi connectivity index (χ0n) is 13.2. The molecule has 3 rings (SSSR count). The van der Waals surface area contributed by atoms with E-state index in [1.54, 1.807) is 6.08 Å². The molecule has 0 aliphatic rings. The highest BCUT2D eigenvalue weighted by atomic mass is 35.5. The molecule has 0 aromatic heterocycles. The summed E-state index contributed by atoms with van der Waals surface area (Å²) in [5.41, 5.74) is 0.940. The van der Waals surface area contributed by atoms with Crippen LogP contribution in [0.5, 0.6) is 11.5 Å². The third-order valence-corrected chi connectivity index (χ3v) is 4.34. The van der Waals surface area contributed by atoms with Gasteiger partial charge in [0, 0.05) is 21.4 Å². The first-order valence-corrected chi connectivity index (χ1v) is 8.80. The number of ether oxygens (including phenoxy) is 2. The summed E-state index contributed by atoms with van der Waals surface area (Å²) in [4.78, 5) is 0. The van der Waals surface area contributed by atoms with E-state index in [-0.39, 0.29) is 4.49 Å². The molecule has 5 heteroatoms. The van der Waals surface area contributed by atoms with Gasteiger partial charge in [-0.2, -0.15) is 0 Å². The highest BCUT2D eigenvalue weighted by Crippen LogP contribution is 2.33. The molecule has 0 radical (unpaired) electrons. The summed E-state index contributed by atoms with van der Waals surface area (Å²) in [7, 11) is 0. The van der Waals surface area contributed by atoms with E-state index in [9.17, 15) is 0 Å². The van der Waals surface area contributed by atoms with Crippen molar-refractivity contribution < 1.29 is 9.47 Å². The molecule has 3 aromatic carbocycles. The van der Waals surface area contributed by atoms with Crippen LogP contribution in [0.25, 0.3) is 10.8 Å². The van der Waals surface area contributed by atoms with Gasteiger partial charge < -0.3 is 9.47 Å². The summed E-state index contributed by atoms with van der Waals surface area (Å²) in [5.74, 6) is 1.51. The first-order chi connectivity index (χ1) is 12.1. The average Bonchev–Trinajstić information content (AvgIpc) is 2.61. The summed E-state index contributed by atoms with van der Waals surface area (Å²) in [6.07, 6.45) is 1.60. The van der Waals surface area contributed by atoms with E-state index in [2.05, 4.69) is 0 Å². The first-order valence-electron chi connectivity index (χ1n) is 7.67. The molecule has 0 atom stereocenters. The lowest BCUT2D eigenvalue weighted by atomic mass is 10.1. The van der Waals surface area contributed by atoms with Crippen LogP contribution in [0.2, 0.25) is 5.02 Å². The van der Waals surface area contributed by atoms with Gasteiger partial charge in [-0.15, -0.1) is 0 Å². The SMILES string of the molecule is ClC(Cl)=CCOc1cccc2c(OCc3ccccc3Cl)cccc12. The molecule has 0 amide bonds. The molecule has 0 unspecified atom stereocenters. The zero-order valence-corrected chi connectivity index (χ0v) is 15.5. The molecule has 0 aliphatic carbocycles. The molecular formula is C20H15Cl3O2. The van der Waals surface area contributed by atoms with Crippen LogP contribution in [0.15, 0.2) is 71.2 Å². The fraction of sp³-hybridized carbons (Fsp3) is 0.100. The Hall–Kier alpha value is -1.87. The van der Waals surface area contributed by atoms with Crippen molar-refractivity contribution in [2.24, 2.45) is 0 Å². The summed E-state index contributed by atoms with van der Waals surface area (Å²) in [5, 5.41) is 2.61. The molecule has 0 saturated carbocycles. The molecule has 25 heavy (non-hydrogen) atoms. The van der Waals surface area contributed by atoms with Crippen molar-refractivity contribution in [3.05, 3.63) is 81.8 Å². The minimum atomic E-state index is 0.184. The van der Waals surface area contributed by atoms with Gasteiger partial charge in [0.25, 0.3) is 0 Å². The Labute approximate surface area is 161 Å². The van der Waals surface area contributed by atoms with Crippen LogP contribution >= 0.6 is 34.8 Å². The third-order valence-electron chi connectivity index (χ3n) is 3.66. The minimum absolute atomic E-state index is 0.184. The fourth-order valence-electron chi connectivity index (χ4n) is 2.47. The van der Waals surface area contributed by atoms with E-state index in [1.165, 1.54) is 0 Å². The molecule has 128 valence electrons. The smallest absolute Gasteiger partial charge is 0.127 e. The number of halogens is 3. The maximum Gasteiger partial charge on any atom is 0.127 e. The topological polar surface area (TPSA) is 18.5 Å². The van der Waals surface area contributed by atoms with Crippen LogP contribution in [-0.2, 0) is 6.61 Å². The maximum atomic E-state index is 6.19. The van der Waals surface area contributed by atoms with Crippen molar-refractivity contribution >= 4 is 45.6 Å². The van der Waals surface area contributed by atoms with E-state index in [1.807, 2.05) is 60.7 Å². The van der Waals surface area contributed by atoms with Crippen molar-refractivity contribution in [1.82, 2.24) is 0 Å². The Bertz CT molecular complexity index is 902. The van der Waals surface area contributed by atoms with Gasteiger partial charge in [0.1, 0.15) is 29.2 Å². The van der Waals surface area contributed by atoms with Crippen molar-refractivity contribution in [3.8, 4) is 11.5 Å². The minimum Gasteiger partial charge on any atom is -0.489 e. The van der Waals surface area contributed by atoms with Gasteiger partial charge in [-0.25, -0.2) is 0 Å². The lowest BCUT2D eigenvalue weighted by molar-refractivity contribution is 0.310. The van der Waals surface area contributed by atoms with Crippen LogP contribution in [-0.4, -0.2) is 6.61 Å². The molecule has 0 spiro atoms. The molecule has 0 bridgehead atoms. The zero-order chi connectivity index (χ0) is 17.6. The second kappa shape index (κ2) is 8.48. The van der Waals surface area contributed by atoms with E-state index < -0.39 is 0 Å². The average molecular weight is 394 g/mol. The van der Waals surface area contributed by atoms with Crippen LogP contribution in [0.3, 0.4) is 0 Å². The molecule has 3 aromatic rings. The first kappa shape index (κ1) is 17.9. The Balaban J connectivity index is 1.84. The molecule has 0 heterocycles. The van der Waals surface area contributed by atoms with Crippen LogP contribution < -0.4 is 9.47 Å². The molecule has 0 N–H and O–H groups in total.